The van der Waals surface area contributed by atoms with E-state index in [1.165, 1.54) is 0 Å². The van der Waals surface area contributed by atoms with E-state index in [0.29, 0.717) is 11.4 Å². The number of aromatic nitrogens is 2. The van der Waals surface area contributed by atoms with Gasteiger partial charge in [-0.05, 0) is 30.1 Å². The molecule has 1 aromatic heterocycles. The summed E-state index contributed by atoms with van der Waals surface area (Å²) < 4.78 is 2.17. The zero-order valence-corrected chi connectivity index (χ0v) is 12.9. The van der Waals surface area contributed by atoms with E-state index >= 15 is 0 Å². The highest BCUT2D eigenvalue weighted by Gasteiger charge is 2.17. The molecule has 1 heterocycles. The zero-order valence-electron chi connectivity index (χ0n) is 12.1. The van der Waals surface area contributed by atoms with Crippen molar-refractivity contribution in [2.45, 2.75) is 26.8 Å². The lowest BCUT2D eigenvalue weighted by atomic mass is 10.1. The number of carboxylic acids is 1. The van der Waals surface area contributed by atoms with Gasteiger partial charge >= 0.3 is 5.97 Å². The van der Waals surface area contributed by atoms with Crippen molar-refractivity contribution >= 4 is 28.8 Å². The van der Waals surface area contributed by atoms with Crippen molar-refractivity contribution in [1.29, 1.82) is 0 Å². The van der Waals surface area contributed by atoms with Gasteiger partial charge in [-0.15, -0.1) is 0 Å². The molecule has 0 aliphatic heterocycles. The van der Waals surface area contributed by atoms with Gasteiger partial charge in [0.2, 0.25) is 0 Å². The van der Waals surface area contributed by atoms with E-state index in [0.717, 1.165) is 30.1 Å². The molecule has 1 atom stereocenters. The Bertz CT molecular complexity index is 622. The zero-order chi connectivity index (χ0) is 14.7. The molecule has 1 unspecified atom stereocenters. The number of aryl methyl sites for hydroxylation is 1. The van der Waals surface area contributed by atoms with E-state index in [-0.39, 0.29) is 5.56 Å². The fourth-order valence-electron chi connectivity index (χ4n) is 2.49. The third-order valence-corrected chi connectivity index (χ3v) is 4.25. The van der Waals surface area contributed by atoms with Crippen LogP contribution in [0.4, 0.5) is 0 Å². The normalized spacial score (nSPS) is 12.8. The van der Waals surface area contributed by atoms with Crippen LogP contribution in [0.3, 0.4) is 0 Å². The van der Waals surface area contributed by atoms with Crippen molar-refractivity contribution < 1.29 is 9.90 Å². The second-order valence-corrected chi connectivity index (χ2v) is 5.94. The lowest BCUT2D eigenvalue weighted by Gasteiger charge is -2.14. The predicted molar refractivity (Wildman–Crippen MR) is 83.6 cm³/mol. The predicted octanol–water partition coefficient (Wildman–Crippen LogP) is 3.30. The first kappa shape index (κ1) is 14.9. The van der Waals surface area contributed by atoms with Crippen molar-refractivity contribution in [2.24, 2.45) is 5.92 Å². The minimum atomic E-state index is -0.917. The minimum Gasteiger partial charge on any atom is -0.478 e. The van der Waals surface area contributed by atoms with Crippen LogP contribution in [0.15, 0.2) is 18.2 Å². The van der Waals surface area contributed by atoms with Crippen molar-refractivity contribution in [3.05, 3.63) is 29.6 Å². The maximum Gasteiger partial charge on any atom is 0.337 e. The molecule has 0 amide bonds. The molecule has 20 heavy (non-hydrogen) atoms. The molecule has 4 nitrogen and oxygen atoms in total. The first-order chi connectivity index (χ1) is 9.58. The number of hydrogen-bond donors (Lipinski definition) is 1. The van der Waals surface area contributed by atoms with Crippen LogP contribution in [0, 0.1) is 5.92 Å². The number of fused-ring (bicyclic) bond motifs is 1. The molecule has 2 rings (SSSR count). The lowest BCUT2D eigenvalue weighted by Crippen LogP contribution is -2.12. The molecule has 1 N–H and O–H groups in total. The molecule has 0 bridgehead atoms. The van der Waals surface area contributed by atoms with Gasteiger partial charge in [-0.2, -0.15) is 11.8 Å². The molecule has 1 aromatic carbocycles. The van der Waals surface area contributed by atoms with Gasteiger partial charge in [0.05, 0.1) is 11.1 Å². The average Bonchev–Trinajstić information content (AvgIpc) is 2.76. The average molecular weight is 292 g/mol. The van der Waals surface area contributed by atoms with Gasteiger partial charge < -0.3 is 9.67 Å². The van der Waals surface area contributed by atoms with Gasteiger partial charge in [-0.25, -0.2) is 9.78 Å². The van der Waals surface area contributed by atoms with E-state index in [2.05, 4.69) is 29.7 Å². The maximum absolute atomic E-state index is 11.3. The van der Waals surface area contributed by atoms with Gasteiger partial charge in [-0.3, -0.25) is 0 Å². The van der Waals surface area contributed by atoms with E-state index < -0.39 is 5.97 Å². The Hall–Kier alpha value is -1.49. The molecule has 108 valence electrons. The standard InChI is InChI=1S/C15H20N2O2S/c1-4-13-16-14-11(15(18)19)6-5-7-12(14)17(13)8-10(2)9-20-3/h5-7,10H,4,8-9H2,1-3H3,(H,18,19). The number of rotatable bonds is 6. The molecule has 0 spiro atoms. The molecule has 2 aromatic rings. The number of nitrogens with zero attached hydrogens (tertiary/aromatic N) is 2. The van der Waals surface area contributed by atoms with Crippen LogP contribution in [0.2, 0.25) is 0 Å². The summed E-state index contributed by atoms with van der Waals surface area (Å²) >= 11 is 1.83. The van der Waals surface area contributed by atoms with Crippen LogP contribution in [0.5, 0.6) is 0 Å². The lowest BCUT2D eigenvalue weighted by molar-refractivity contribution is 0.0699. The third kappa shape index (κ3) is 2.82. The number of hydrogen-bond acceptors (Lipinski definition) is 3. The smallest absolute Gasteiger partial charge is 0.337 e. The van der Waals surface area contributed by atoms with Gasteiger partial charge in [0.25, 0.3) is 0 Å². The summed E-state index contributed by atoms with van der Waals surface area (Å²) in [7, 11) is 0. The number of benzene rings is 1. The molecule has 0 radical (unpaired) electrons. The van der Waals surface area contributed by atoms with Crippen LogP contribution in [0.1, 0.15) is 30.0 Å². The molecular weight excluding hydrogens is 272 g/mol. The van der Waals surface area contributed by atoms with E-state index in [1.54, 1.807) is 12.1 Å². The Labute approximate surface area is 123 Å². The van der Waals surface area contributed by atoms with E-state index in [4.69, 9.17) is 0 Å². The van der Waals surface area contributed by atoms with Gasteiger partial charge in [-0.1, -0.05) is 19.9 Å². The summed E-state index contributed by atoms with van der Waals surface area (Å²) in [6, 6.07) is 5.37. The van der Waals surface area contributed by atoms with E-state index in [1.807, 2.05) is 17.8 Å². The maximum atomic E-state index is 11.3. The first-order valence-corrected chi connectivity index (χ1v) is 8.18. The van der Waals surface area contributed by atoms with Crippen molar-refractivity contribution in [3.8, 4) is 0 Å². The van der Waals surface area contributed by atoms with Crippen LogP contribution in [0.25, 0.3) is 11.0 Å². The van der Waals surface area contributed by atoms with Crippen molar-refractivity contribution in [3.63, 3.8) is 0 Å². The summed E-state index contributed by atoms with van der Waals surface area (Å²) in [4.78, 5) is 15.8. The fourth-order valence-corrected chi connectivity index (χ4v) is 3.16. The Balaban J connectivity index is 2.52. The number of thioether (sulfide) groups is 1. The SMILES string of the molecule is CCc1nc2c(C(=O)O)cccc2n1CC(C)CSC. The quantitative estimate of drug-likeness (QED) is 0.887. The Morgan fingerprint density at radius 1 is 1.50 bits per heavy atom. The van der Waals surface area contributed by atoms with Crippen LogP contribution in [-0.2, 0) is 13.0 Å². The van der Waals surface area contributed by atoms with Crippen molar-refractivity contribution in [1.82, 2.24) is 9.55 Å². The molecule has 0 aliphatic carbocycles. The molecule has 0 saturated carbocycles. The van der Waals surface area contributed by atoms with Gasteiger partial charge in [0, 0.05) is 13.0 Å². The van der Waals surface area contributed by atoms with E-state index in [9.17, 15) is 9.90 Å². The summed E-state index contributed by atoms with van der Waals surface area (Å²) in [6.45, 7) is 5.14. The van der Waals surface area contributed by atoms with Crippen LogP contribution in [-0.4, -0.2) is 32.6 Å². The largest absolute Gasteiger partial charge is 0.478 e. The molecular formula is C15H20N2O2S. The summed E-state index contributed by atoms with van der Waals surface area (Å²) in [5, 5.41) is 9.27. The minimum absolute atomic E-state index is 0.286. The van der Waals surface area contributed by atoms with Crippen LogP contribution >= 0.6 is 11.8 Å². The monoisotopic (exact) mass is 292 g/mol. The molecule has 0 saturated heterocycles. The Morgan fingerprint density at radius 2 is 2.25 bits per heavy atom. The number of carbonyl (C=O) groups is 1. The molecule has 0 aliphatic rings. The highest BCUT2D eigenvalue weighted by atomic mass is 32.2. The van der Waals surface area contributed by atoms with Crippen LogP contribution < -0.4 is 0 Å². The highest BCUT2D eigenvalue weighted by molar-refractivity contribution is 7.98. The summed E-state index contributed by atoms with van der Waals surface area (Å²) in [5.41, 5.74) is 1.82. The molecule has 5 heteroatoms. The Morgan fingerprint density at radius 3 is 2.85 bits per heavy atom. The molecule has 0 fully saturated rings. The summed E-state index contributed by atoms with van der Waals surface area (Å²) in [5.74, 6) is 1.66. The Kier molecular flexibility index (Phi) is 4.70. The number of aromatic carboxylic acids is 1. The highest BCUT2D eigenvalue weighted by Crippen LogP contribution is 2.22. The second-order valence-electron chi connectivity index (χ2n) is 5.03. The number of imidazole rings is 1. The number of carboxylic acid groups (broad SMARTS) is 1. The summed E-state index contributed by atoms with van der Waals surface area (Å²) in [6.07, 6.45) is 2.91. The third-order valence-electron chi connectivity index (χ3n) is 3.35. The fraction of sp³-hybridized carbons (Fsp3) is 0.467. The number of para-hydroxylation sites is 1. The van der Waals surface area contributed by atoms with Gasteiger partial charge in [0.1, 0.15) is 11.3 Å². The second kappa shape index (κ2) is 6.31. The van der Waals surface area contributed by atoms with Crippen molar-refractivity contribution in [2.75, 3.05) is 12.0 Å². The van der Waals surface area contributed by atoms with Gasteiger partial charge in [0.15, 0.2) is 0 Å². The topological polar surface area (TPSA) is 55.1 Å². The first-order valence-electron chi connectivity index (χ1n) is 6.78.